The number of H-pyrrole nitrogens is 1. The number of hydrogen-bond acceptors (Lipinski definition) is 5. The predicted molar refractivity (Wildman–Crippen MR) is 105 cm³/mol. The van der Waals surface area contributed by atoms with Crippen LogP contribution < -0.4 is 16.1 Å². The Balaban J connectivity index is 1.90. The lowest BCUT2D eigenvalue weighted by Gasteiger charge is -2.21. The fraction of sp³-hybridized carbons (Fsp3) is 0.632. The van der Waals surface area contributed by atoms with E-state index in [2.05, 4.69) is 15.0 Å². The second kappa shape index (κ2) is 8.22. The predicted octanol–water partition coefficient (Wildman–Crippen LogP) is 1.88. The zero-order chi connectivity index (χ0) is 19.6. The van der Waals surface area contributed by atoms with Crippen molar-refractivity contribution in [2.45, 2.75) is 50.8 Å². The number of halogens is 2. The molecule has 0 amide bonds. The van der Waals surface area contributed by atoms with E-state index in [1.165, 1.54) is 6.08 Å². The number of ether oxygens (including phenoxy) is 1. The number of fused-ring (bicyclic) bond motifs is 1. The number of alkyl halides is 1. The van der Waals surface area contributed by atoms with Gasteiger partial charge in [-0.3, -0.25) is 9.79 Å². The van der Waals surface area contributed by atoms with Gasteiger partial charge < -0.3 is 9.72 Å². The van der Waals surface area contributed by atoms with E-state index in [4.69, 9.17) is 4.74 Å². The van der Waals surface area contributed by atoms with Crippen molar-refractivity contribution in [2.75, 3.05) is 19.8 Å². The van der Waals surface area contributed by atoms with Crippen molar-refractivity contribution in [3.05, 3.63) is 26.7 Å². The highest BCUT2D eigenvalue weighted by Gasteiger charge is 2.26. The summed E-state index contributed by atoms with van der Waals surface area (Å²) in [5.41, 5.74) is -0.811. The largest absolute Gasteiger partial charge is 0.381 e. The molecule has 0 saturated carbocycles. The molecule has 1 aromatic rings. The van der Waals surface area contributed by atoms with E-state index in [1.54, 1.807) is 11.8 Å². The molecule has 2 aliphatic rings. The van der Waals surface area contributed by atoms with Crippen molar-refractivity contribution in [1.82, 2.24) is 9.97 Å². The topological polar surface area (TPSA) is 67.3 Å². The Hall–Kier alpha value is -1.54. The monoisotopic (exact) mass is 397 g/mol. The van der Waals surface area contributed by atoms with Crippen LogP contribution in [0.2, 0.25) is 0 Å². The smallest absolute Gasteiger partial charge is 0.261 e. The van der Waals surface area contributed by atoms with Gasteiger partial charge in [0.15, 0.2) is 12.0 Å². The fourth-order valence-corrected chi connectivity index (χ4v) is 3.96. The number of nitrogens with one attached hydrogen (secondary N) is 1. The second-order valence-electron chi connectivity index (χ2n) is 8.05. The maximum absolute atomic E-state index is 14.5. The summed E-state index contributed by atoms with van der Waals surface area (Å²) in [4.78, 5) is 23.5. The molecule has 1 unspecified atom stereocenters. The minimum atomic E-state index is -2.02. The van der Waals surface area contributed by atoms with Crippen molar-refractivity contribution in [3.8, 4) is 0 Å². The molecule has 0 spiro atoms. The number of hydrogen-bond donors (Lipinski definition) is 1. The molecule has 0 aromatic carbocycles. The standard InChI is InChI=1S/C19H25F2N3O2S/c1-19(2,3)10-22-13-8-12-15(17(21)16(13)20)18(25)24-14(23-12)9-27-11-4-6-26-7-5-11/h8,11,16H,4-7,9-10H2,1-3H3,(H,23,24,25). The van der Waals surface area contributed by atoms with Crippen molar-refractivity contribution in [2.24, 2.45) is 10.4 Å². The van der Waals surface area contributed by atoms with Gasteiger partial charge in [-0.25, -0.2) is 13.8 Å². The molecule has 0 radical (unpaired) electrons. The van der Waals surface area contributed by atoms with Gasteiger partial charge in [-0.2, -0.15) is 11.8 Å². The lowest BCUT2D eigenvalue weighted by Crippen LogP contribution is -2.50. The first kappa shape index (κ1) is 20.2. The lowest BCUT2D eigenvalue weighted by molar-refractivity contribution is 0.1000. The Bertz CT molecular complexity index is 899. The molecule has 2 heterocycles. The molecule has 1 aliphatic heterocycles. The van der Waals surface area contributed by atoms with Gasteiger partial charge in [0.05, 0.1) is 16.8 Å². The fourth-order valence-electron chi connectivity index (χ4n) is 2.91. The summed E-state index contributed by atoms with van der Waals surface area (Å²) in [7, 11) is 0. The molecule has 0 bridgehead atoms. The summed E-state index contributed by atoms with van der Waals surface area (Å²) in [5, 5.41) is 0.281. The molecule has 27 heavy (non-hydrogen) atoms. The lowest BCUT2D eigenvalue weighted by atomic mass is 9.97. The van der Waals surface area contributed by atoms with Gasteiger partial charge in [0.2, 0.25) is 0 Å². The van der Waals surface area contributed by atoms with Crippen LogP contribution in [-0.2, 0) is 10.5 Å². The first-order valence-corrected chi connectivity index (χ1v) is 10.2. The van der Waals surface area contributed by atoms with Crippen LogP contribution in [0.4, 0.5) is 8.78 Å². The molecular weight excluding hydrogens is 372 g/mol. The Morgan fingerprint density at radius 3 is 2.74 bits per heavy atom. The first-order valence-electron chi connectivity index (χ1n) is 9.13. The summed E-state index contributed by atoms with van der Waals surface area (Å²) < 4.78 is 34.2. The number of thioether (sulfide) groups is 1. The number of nitrogens with zero attached hydrogens (tertiary/aromatic N) is 2. The number of rotatable bonds is 4. The van der Waals surface area contributed by atoms with Gasteiger partial charge in [-0.15, -0.1) is 0 Å². The summed E-state index contributed by atoms with van der Waals surface area (Å²) >= 11 is 1.69. The molecule has 1 aromatic heterocycles. The average Bonchev–Trinajstić information content (AvgIpc) is 2.61. The molecule has 1 N–H and O–H groups in total. The Morgan fingerprint density at radius 1 is 1.37 bits per heavy atom. The molecule has 1 fully saturated rings. The molecule has 1 aliphatic carbocycles. The molecule has 3 rings (SSSR count). The maximum atomic E-state index is 14.5. The zero-order valence-corrected chi connectivity index (χ0v) is 16.7. The van der Waals surface area contributed by atoms with E-state index in [0.29, 0.717) is 23.4 Å². The third-order valence-corrected chi connectivity index (χ3v) is 5.75. The van der Waals surface area contributed by atoms with Gasteiger partial charge in [0.1, 0.15) is 11.0 Å². The van der Waals surface area contributed by atoms with Crippen LogP contribution >= 0.6 is 11.8 Å². The maximum Gasteiger partial charge on any atom is 0.261 e. The van der Waals surface area contributed by atoms with Gasteiger partial charge in [-0.05, 0) is 24.3 Å². The highest BCUT2D eigenvalue weighted by molar-refractivity contribution is 7.99. The van der Waals surface area contributed by atoms with Crippen LogP contribution in [-0.4, -0.2) is 46.9 Å². The molecule has 1 atom stereocenters. The highest BCUT2D eigenvalue weighted by atomic mass is 32.2. The van der Waals surface area contributed by atoms with E-state index in [1.807, 2.05) is 20.8 Å². The Kier molecular flexibility index (Phi) is 6.15. The quantitative estimate of drug-likeness (QED) is 0.843. The van der Waals surface area contributed by atoms with Gasteiger partial charge >= 0.3 is 0 Å². The van der Waals surface area contributed by atoms with E-state index in [0.717, 1.165) is 26.1 Å². The average molecular weight is 397 g/mol. The Labute approximate surface area is 161 Å². The zero-order valence-electron chi connectivity index (χ0n) is 15.8. The molecule has 1 saturated heterocycles. The minimum Gasteiger partial charge on any atom is -0.381 e. The SMILES string of the molecule is CC(C)(C)CN=C1C=c2nc(CSC3CCOCC3)[nH]c(=O)c2=C(F)C1F. The third kappa shape index (κ3) is 5.04. The summed E-state index contributed by atoms with van der Waals surface area (Å²) in [6, 6.07) is 0. The van der Waals surface area contributed by atoms with Crippen LogP contribution in [0.5, 0.6) is 0 Å². The van der Waals surface area contributed by atoms with Crippen molar-refractivity contribution >= 4 is 29.4 Å². The molecule has 148 valence electrons. The van der Waals surface area contributed by atoms with Crippen LogP contribution in [0.15, 0.2) is 9.79 Å². The number of aromatic nitrogens is 2. The third-order valence-electron chi connectivity index (χ3n) is 4.36. The van der Waals surface area contributed by atoms with E-state index >= 15 is 0 Å². The van der Waals surface area contributed by atoms with Gasteiger partial charge in [0, 0.05) is 25.0 Å². The molecule has 8 heteroatoms. The Morgan fingerprint density at radius 2 is 2.07 bits per heavy atom. The van der Waals surface area contributed by atoms with Crippen molar-refractivity contribution < 1.29 is 13.5 Å². The van der Waals surface area contributed by atoms with Crippen LogP contribution in [0.3, 0.4) is 0 Å². The van der Waals surface area contributed by atoms with E-state index in [9.17, 15) is 13.6 Å². The summed E-state index contributed by atoms with van der Waals surface area (Å²) in [6.07, 6.45) is 1.29. The number of aliphatic imine (C=N–C) groups is 1. The van der Waals surface area contributed by atoms with Crippen LogP contribution in [0.1, 0.15) is 39.4 Å². The number of aromatic amines is 1. The van der Waals surface area contributed by atoms with Crippen LogP contribution in [0.25, 0.3) is 11.9 Å². The van der Waals surface area contributed by atoms with Gasteiger partial charge in [-0.1, -0.05) is 20.8 Å². The van der Waals surface area contributed by atoms with E-state index < -0.39 is 17.6 Å². The summed E-state index contributed by atoms with van der Waals surface area (Å²) in [6.45, 7) is 7.75. The highest BCUT2D eigenvalue weighted by Crippen LogP contribution is 2.24. The van der Waals surface area contributed by atoms with Crippen molar-refractivity contribution in [1.29, 1.82) is 0 Å². The van der Waals surface area contributed by atoms with Gasteiger partial charge in [0.25, 0.3) is 5.56 Å². The normalized spacial score (nSPS) is 22.6. The van der Waals surface area contributed by atoms with Crippen LogP contribution in [0, 0.1) is 5.41 Å². The van der Waals surface area contributed by atoms with E-state index in [-0.39, 0.29) is 21.7 Å². The second-order valence-corrected chi connectivity index (χ2v) is 9.34. The minimum absolute atomic E-state index is 0.0175. The van der Waals surface area contributed by atoms with Crippen molar-refractivity contribution in [3.63, 3.8) is 0 Å². The summed E-state index contributed by atoms with van der Waals surface area (Å²) in [5.74, 6) is -0.139. The first-order chi connectivity index (χ1) is 12.7. The molecular formula is C19H25F2N3O2S. The molecule has 5 nitrogen and oxygen atoms in total.